The molecule has 0 aromatic heterocycles. The first kappa shape index (κ1) is 16.8. The molecule has 2 amide bonds. The van der Waals surface area contributed by atoms with Gasteiger partial charge in [-0.05, 0) is 13.0 Å². The van der Waals surface area contributed by atoms with Crippen molar-refractivity contribution in [2.75, 3.05) is 26.2 Å². The lowest BCUT2D eigenvalue weighted by molar-refractivity contribution is -0.135. The van der Waals surface area contributed by atoms with E-state index in [0.29, 0.717) is 37.7 Å². The quantitative estimate of drug-likeness (QED) is 0.837. The van der Waals surface area contributed by atoms with Crippen LogP contribution in [0.25, 0.3) is 0 Å². The number of carbonyl (C=O) groups excluding carboxylic acids is 2. The minimum Gasteiger partial charge on any atom is -0.489 e. The number of para-hydroxylation sites is 1. The van der Waals surface area contributed by atoms with E-state index < -0.39 is 0 Å². The fourth-order valence-electron chi connectivity index (χ4n) is 3.42. The first-order valence-electron chi connectivity index (χ1n) is 8.77. The van der Waals surface area contributed by atoms with E-state index in [-0.39, 0.29) is 23.8 Å². The van der Waals surface area contributed by atoms with Crippen LogP contribution in [0.1, 0.15) is 49.5 Å². The number of rotatable bonds is 2. The Labute approximate surface area is 143 Å². The van der Waals surface area contributed by atoms with Gasteiger partial charge in [-0.15, -0.1) is 0 Å². The molecule has 1 saturated heterocycles. The Morgan fingerprint density at radius 3 is 2.33 bits per heavy atom. The van der Waals surface area contributed by atoms with Gasteiger partial charge in [0.1, 0.15) is 11.9 Å². The van der Waals surface area contributed by atoms with Crippen LogP contribution in [-0.2, 0) is 4.79 Å². The van der Waals surface area contributed by atoms with Crippen molar-refractivity contribution in [3.05, 3.63) is 29.3 Å². The first-order chi connectivity index (χ1) is 11.4. The average Bonchev–Trinajstić information content (AvgIpc) is 2.88. The van der Waals surface area contributed by atoms with E-state index >= 15 is 0 Å². The van der Waals surface area contributed by atoms with Crippen LogP contribution >= 0.6 is 0 Å². The molecule has 5 nitrogen and oxygen atoms in total. The lowest BCUT2D eigenvalue weighted by Gasteiger charge is -2.35. The molecular weight excluding hydrogens is 304 g/mol. The van der Waals surface area contributed by atoms with Crippen LogP contribution in [0.3, 0.4) is 0 Å². The molecule has 2 aliphatic heterocycles. The standard InChI is InChI=1S/C19H26N2O3/c1-12(2)18(22)20-8-10-21(11-9-20)19(23)16-7-5-6-15-13(3)14(4)24-17(15)16/h5-7,12-14H,8-11H2,1-4H3. The highest BCUT2D eigenvalue weighted by molar-refractivity contribution is 5.98. The van der Waals surface area contributed by atoms with Gasteiger partial charge in [0, 0.05) is 43.6 Å². The second kappa shape index (κ2) is 6.46. The van der Waals surface area contributed by atoms with Gasteiger partial charge in [-0.1, -0.05) is 32.9 Å². The molecule has 130 valence electrons. The third kappa shape index (κ3) is 2.87. The molecule has 1 aromatic carbocycles. The van der Waals surface area contributed by atoms with Crippen LogP contribution in [0.5, 0.6) is 5.75 Å². The normalized spacial score (nSPS) is 23.2. The van der Waals surface area contributed by atoms with Crippen molar-refractivity contribution in [3.8, 4) is 5.75 Å². The zero-order valence-corrected chi connectivity index (χ0v) is 14.9. The zero-order chi connectivity index (χ0) is 17.4. The number of hydrogen-bond acceptors (Lipinski definition) is 3. The van der Waals surface area contributed by atoms with Crippen molar-refractivity contribution in [1.29, 1.82) is 0 Å². The van der Waals surface area contributed by atoms with E-state index in [4.69, 9.17) is 4.74 Å². The predicted octanol–water partition coefficient (Wildman–Crippen LogP) is 2.51. The van der Waals surface area contributed by atoms with Crippen LogP contribution in [0.4, 0.5) is 0 Å². The summed E-state index contributed by atoms with van der Waals surface area (Å²) in [6.45, 7) is 10.3. The summed E-state index contributed by atoms with van der Waals surface area (Å²) in [6, 6.07) is 5.82. The van der Waals surface area contributed by atoms with Crippen LogP contribution < -0.4 is 4.74 Å². The average molecular weight is 330 g/mol. The van der Waals surface area contributed by atoms with Crippen LogP contribution in [0.15, 0.2) is 18.2 Å². The highest BCUT2D eigenvalue weighted by atomic mass is 16.5. The number of ether oxygens (including phenoxy) is 1. The van der Waals surface area contributed by atoms with E-state index in [1.54, 1.807) is 0 Å². The Morgan fingerprint density at radius 1 is 1.08 bits per heavy atom. The predicted molar refractivity (Wildman–Crippen MR) is 92.3 cm³/mol. The van der Waals surface area contributed by atoms with Gasteiger partial charge < -0.3 is 14.5 Å². The smallest absolute Gasteiger partial charge is 0.257 e. The molecule has 0 bridgehead atoms. The van der Waals surface area contributed by atoms with Crippen LogP contribution in [-0.4, -0.2) is 53.9 Å². The lowest BCUT2D eigenvalue weighted by Crippen LogP contribution is -2.51. The highest BCUT2D eigenvalue weighted by Gasteiger charge is 2.33. The molecule has 1 aromatic rings. The van der Waals surface area contributed by atoms with Gasteiger partial charge in [0.05, 0.1) is 5.56 Å². The van der Waals surface area contributed by atoms with Gasteiger partial charge in [0.25, 0.3) is 5.91 Å². The highest BCUT2D eigenvalue weighted by Crippen LogP contribution is 2.40. The molecule has 2 aliphatic rings. The van der Waals surface area contributed by atoms with Crippen molar-refractivity contribution < 1.29 is 14.3 Å². The van der Waals surface area contributed by atoms with Gasteiger partial charge in [0.2, 0.25) is 5.91 Å². The summed E-state index contributed by atoms with van der Waals surface area (Å²) in [5, 5.41) is 0. The molecule has 2 unspecified atom stereocenters. The summed E-state index contributed by atoms with van der Waals surface area (Å²) in [6.07, 6.45) is 0.0921. The van der Waals surface area contributed by atoms with Crippen molar-refractivity contribution in [2.45, 2.75) is 39.7 Å². The Balaban J connectivity index is 1.73. The number of carbonyl (C=O) groups is 2. The molecule has 0 radical (unpaired) electrons. The first-order valence-corrected chi connectivity index (χ1v) is 8.77. The Kier molecular flexibility index (Phi) is 4.52. The molecule has 24 heavy (non-hydrogen) atoms. The summed E-state index contributed by atoms with van der Waals surface area (Å²) in [4.78, 5) is 28.7. The number of amides is 2. The Morgan fingerprint density at radius 2 is 1.71 bits per heavy atom. The molecular formula is C19H26N2O3. The van der Waals surface area contributed by atoms with E-state index in [2.05, 4.69) is 6.92 Å². The number of benzene rings is 1. The zero-order valence-electron chi connectivity index (χ0n) is 14.9. The van der Waals surface area contributed by atoms with E-state index in [1.807, 2.05) is 48.8 Å². The minimum absolute atomic E-state index is 0.000944. The van der Waals surface area contributed by atoms with Gasteiger partial charge in [0.15, 0.2) is 0 Å². The summed E-state index contributed by atoms with van der Waals surface area (Å²) >= 11 is 0. The second-order valence-electron chi connectivity index (χ2n) is 7.11. The molecule has 0 spiro atoms. The SMILES string of the molecule is CC(C)C(=O)N1CCN(C(=O)c2cccc3c2OC(C)C3C)CC1. The Hall–Kier alpha value is -2.04. The van der Waals surface area contributed by atoms with Gasteiger partial charge in [-0.2, -0.15) is 0 Å². The van der Waals surface area contributed by atoms with Crippen molar-refractivity contribution >= 4 is 11.8 Å². The van der Waals surface area contributed by atoms with Crippen LogP contribution in [0, 0.1) is 5.92 Å². The monoisotopic (exact) mass is 330 g/mol. The molecule has 2 heterocycles. The van der Waals surface area contributed by atoms with Gasteiger partial charge >= 0.3 is 0 Å². The number of hydrogen-bond donors (Lipinski definition) is 0. The third-order valence-electron chi connectivity index (χ3n) is 5.15. The maximum Gasteiger partial charge on any atom is 0.257 e. The summed E-state index contributed by atoms with van der Waals surface area (Å²) in [5.41, 5.74) is 1.76. The second-order valence-corrected chi connectivity index (χ2v) is 7.11. The Bertz CT molecular complexity index is 648. The summed E-state index contributed by atoms with van der Waals surface area (Å²) < 4.78 is 5.94. The van der Waals surface area contributed by atoms with Gasteiger partial charge in [-0.25, -0.2) is 0 Å². The molecule has 0 aliphatic carbocycles. The fraction of sp³-hybridized carbons (Fsp3) is 0.579. The number of nitrogens with zero attached hydrogens (tertiary/aromatic N) is 2. The molecule has 0 saturated carbocycles. The topological polar surface area (TPSA) is 49.9 Å². The maximum atomic E-state index is 12.9. The van der Waals surface area contributed by atoms with E-state index in [0.717, 1.165) is 11.3 Å². The summed E-state index contributed by atoms with van der Waals surface area (Å²) in [7, 11) is 0. The molecule has 5 heteroatoms. The molecule has 3 rings (SSSR count). The van der Waals surface area contributed by atoms with Crippen molar-refractivity contribution in [1.82, 2.24) is 9.80 Å². The maximum absolute atomic E-state index is 12.9. The van der Waals surface area contributed by atoms with Crippen LogP contribution in [0.2, 0.25) is 0 Å². The molecule has 2 atom stereocenters. The van der Waals surface area contributed by atoms with E-state index in [1.165, 1.54) is 0 Å². The summed E-state index contributed by atoms with van der Waals surface area (Å²) in [5.74, 6) is 1.20. The fourth-order valence-corrected chi connectivity index (χ4v) is 3.42. The molecule has 0 N–H and O–H groups in total. The molecule has 1 fully saturated rings. The lowest BCUT2D eigenvalue weighted by atomic mass is 9.96. The minimum atomic E-state index is 0.000944. The number of fused-ring (bicyclic) bond motifs is 1. The van der Waals surface area contributed by atoms with E-state index in [9.17, 15) is 9.59 Å². The third-order valence-corrected chi connectivity index (χ3v) is 5.15. The van der Waals surface area contributed by atoms with Crippen molar-refractivity contribution in [3.63, 3.8) is 0 Å². The van der Waals surface area contributed by atoms with Crippen molar-refractivity contribution in [2.24, 2.45) is 5.92 Å². The van der Waals surface area contributed by atoms with Gasteiger partial charge in [-0.3, -0.25) is 9.59 Å². The largest absolute Gasteiger partial charge is 0.489 e. The number of piperazine rings is 1.